The predicted octanol–water partition coefficient (Wildman–Crippen LogP) is 1.10. The van der Waals surface area contributed by atoms with Gasteiger partial charge in [-0.3, -0.25) is 14.3 Å². The minimum Gasteiger partial charge on any atom is -0.386 e. The highest BCUT2D eigenvalue weighted by Crippen LogP contribution is 2.20. The van der Waals surface area contributed by atoms with Crippen LogP contribution in [0.25, 0.3) is 0 Å². The molecule has 7 nitrogen and oxygen atoms in total. The fraction of sp³-hybridized carbons (Fsp3) is 0.312. The molecule has 0 spiro atoms. The summed E-state index contributed by atoms with van der Waals surface area (Å²) < 4.78 is 28.7. The third kappa shape index (κ3) is 4.00. The Kier molecular flexibility index (Phi) is 5.48. The van der Waals surface area contributed by atoms with Crippen LogP contribution in [-0.2, 0) is 16.6 Å². The maximum absolute atomic E-state index is 13.6. The Morgan fingerprint density at radius 1 is 1.24 bits per heavy atom. The number of aromatic nitrogens is 2. The van der Waals surface area contributed by atoms with E-state index in [1.165, 1.54) is 0 Å². The van der Waals surface area contributed by atoms with Crippen molar-refractivity contribution in [3.8, 4) is 0 Å². The first-order chi connectivity index (χ1) is 11.7. The molecule has 0 aliphatic carbocycles. The van der Waals surface area contributed by atoms with Gasteiger partial charge >= 0.3 is 11.8 Å². The SMILES string of the molecule is Cc1nn(C)c(C)c1NC(=O)C(=O)NC[C@@H](O)c1c(F)cccc1F. The van der Waals surface area contributed by atoms with E-state index in [2.05, 4.69) is 15.7 Å². The topological polar surface area (TPSA) is 96.2 Å². The number of amides is 2. The van der Waals surface area contributed by atoms with Crippen LogP contribution in [0.15, 0.2) is 18.2 Å². The van der Waals surface area contributed by atoms with Crippen LogP contribution in [0.2, 0.25) is 0 Å². The number of hydrogen-bond donors (Lipinski definition) is 3. The zero-order valence-corrected chi connectivity index (χ0v) is 13.9. The number of hydrogen-bond acceptors (Lipinski definition) is 4. The van der Waals surface area contributed by atoms with Crippen molar-refractivity contribution < 1.29 is 23.5 Å². The Balaban J connectivity index is 1.99. The number of rotatable bonds is 4. The van der Waals surface area contributed by atoms with Crippen LogP contribution < -0.4 is 10.6 Å². The number of carbonyl (C=O) groups is 2. The molecule has 1 heterocycles. The molecular weight excluding hydrogens is 334 g/mol. The first-order valence-electron chi connectivity index (χ1n) is 7.43. The van der Waals surface area contributed by atoms with Gasteiger partial charge in [-0.25, -0.2) is 8.78 Å². The molecule has 2 rings (SSSR count). The Hall–Kier alpha value is -2.81. The molecule has 0 saturated carbocycles. The quantitative estimate of drug-likeness (QED) is 0.718. The molecule has 0 unspecified atom stereocenters. The number of carbonyl (C=O) groups excluding carboxylic acids is 2. The second-order valence-electron chi connectivity index (χ2n) is 5.48. The first-order valence-corrected chi connectivity index (χ1v) is 7.43. The number of anilines is 1. The van der Waals surface area contributed by atoms with E-state index in [1.807, 2.05) is 0 Å². The van der Waals surface area contributed by atoms with E-state index in [1.54, 1.807) is 25.6 Å². The standard InChI is InChI=1S/C16H18F2N4O3/c1-8-14(9(2)22(3)21-8)20-16(25)15(24)19-7-12(23)13-10(17)5-4-6-11(13)18/h4-6,12,23H,7H2,1-3H3,(H,19,24)(H,20,25)/t12-/m1/s1. The van der Waals surface area contributed by atoms with Gasteiger partial charge in [0.2, 0.25) is 0 Å². The lowest BCUT2D eigenvalue weighted by Gasteiger charge is -2.13. The van der Waals surface area contributed by atoms with Gasteiger partial charge < -0.3 is 15.7 Å². The Morgan fingerprint density at radius 2 is 1.84 bits per heavy atom. The van der Waals surface area contributed by atoms with Crippen molar-refractivity contribution in [2.45, 2.75) is 20.0 Å². The number of aliphatic hydroxyl groups is 1. The molecule has 0 bridgehead atoms. The number of halogens is 2. The second-order valence-corrected chi connectivity index (χ2v) is 5.48. The second kappa shape index (κ2) is 7.39. The van der Waals surface area contributed by atoms with Crippen molar-refractivity contribution in [1.82, 2.24) is 15.1 Å². The molecule has 0 aliphatic heterocycles. The van der Waals surface area contributed by atoms with Crippen molar-refractivity contribution >= 4 is 17.5 Å². The highest BCUT2D eigenvalue weighted by Gasteiger charge is 2.22. The van der Waals surface area contributed by atoms with Gasteiger partial charge in [0, 0.05) is 13.6 Å². The molecule has 0 saturated heterocycles. The fourth-order valence-corrected chi connectivity index (χ4v) is 2.33. The summed E-state index contributed by atoms with van der Waals surface area (Å²) in [5.74, 6) is -3.89. The van der Waals surface area contributed by atoms with E-state index < -0.39 is 41.7 Å². The van der Waals surface area contributed by atoms with Crippen LogP contribution in [-0.4, -0.2) is 33.2 Å². The first kappa shape index (κ1) is 18.5. The fourth-order valence-electron chi connectivity index (χ4n) is 2.33. The molecule has 1 atom stereocenters. The largest absolute Gasteiger partial charge is 0.386 e. The van der Waals surface area contributed by atoms with E-state index in [-0.39, 0.29) is 0 Å². The summed E-state index contributed by atoms with van der Waals surface area (Å²) in [6.07, 6.45) is -1.63. The minimum absolute atomic E-state index is 0.406. The van der Waals surface area contributed by atoms with Gasteiger partial charge in [-0.2, -0.15) is 5.10 Å². The number of aryl methyl sites for hydroxylation is 2. The van der Waals surface area contributed by atoms with Gasteiger partial charge in [-0.15, -0.1) is 0 Å². The molecule has 0 radical (unpaired) electrons. The smallest absolute Gasteiger partial charge is 0.313 e. The maximum Gasteiger partial charge on any atom is 0.313 e. The van der Waals surface area contributed by atoms with Crippen LogP contribution in [0, 0.1) is 25.5 Å². The summed E-state index contributed by atoms with van der Waals surface area (Å²) in [4.78, 5) is 23.8. The molecule has 3 N–H and O–H groups in total. The average Bonchev–Trinajstić information content (AvgIpc) is 2.78. The normalized spacial score (nSPS) is 11.9. The molecule has 9 heteroatoms. The van der Waals surface area contributed by atoms with E-state index in [4.69, 9.17) is 0 Å². The van der Waals surface area contributed by atoms with Crippen molar-refractivity contribution in [1.29, 1.82) is 0 Å². The lowest BCUT2D eigenvalue weighted by Crippen LogP contribution is -2.38. The molecule has 2 amide bonds. The summed E-state index contributed by atoms with van der Waals surface area (Å²) in [7, 11) is 1.69. The molecule has 0 aliphatic rings. The van der Waals surface area contributed by atoms with Crippen molar-refractivity contribution in [3.05, 3.63) is 46.8 Å². The third-order valence-electron chi connectivity index (χ3n) is 3.74. The zero-order valence-electron chi connectivity index (χ0n) is 13.9. The van der Waals surface area contributed by atoms with E-state index in [9.17, 15) is 23.5 Å². The molecular formula is C16H18F2N4O3. The monoisotopic (exact) mass is 352 g/mol. The molecule has 1 aromatic heterocycles. The van der Waals surface area contributed by atoms with E-state index in [0.717, 1.165) is 18.2 Å². The number of nitrogens with zero attached hydrogens (tertiary/aromatic N) is 2. The number of benzene rings is 1. The summed E-state index contributed by atoms with van der Waals surface area (Å²) in [6, 6.07) is 3.14. The number of aliphatic hydroxyl groups excluding tert-OH is 1. The lowest BCUT2D eigenvalue weighted by molar-refractivity contribution is -0.136. The third-order valence-corrected chi connectivity index (χ3v) is 3.74. The highest BCUT2D eigenvalue weighted by atomic mass is 19.1. The molecule has 134 valence electrons. The summed E-state index contributed by atoms with van der Waals surface area (Å²) in [6.45, 7) is 2.87. The summed E-state index contributed by atoms with van der Waals surface area (Å²) in [5, 5.41) is 18.5. The Labute approximate surface area is 142 Å². The maximum atomic E-state index is 13.6. The van der Waals surface area contributed by atoms with Crippen LogP contribution >= 0.6 is 0 Å². The van der Waals surface area contributed by atoms with Crippen molar-refractivity contribution in [2.75, 3.05) is 11.9 Å². The van der Waals surface area contributed by atoms with E-state index >= 15 is 0 Å². The van der Waals surface area contributed by atoms with Gasteiger partial charge in [0.05, 0.1) is 22.6 Å². The van der Waals surface area contributed by atoms with E-state index in [0.29, 0.717) is 17.1 Å². The number of nitrogens with one attached hydrogen (secondary N) is 2. The van der Waals surface area contributed by atoms with Crippen molar-refractivity contribution in [2.24, 2.45) is 7.05 Å². The van der Waals surface area contributed by atoms with Crippen LogP contribution in [0.1, 0.15) is 23.1 Å². The van der Waals surface area contributed by atoms with Crippen LogP contribution in [0.3, 0.4) is 0 Å². The van der Waals surface area contributed by atoms with Gasteiger partial charge in [0.1, 0.15) is 17.7 Å². The van der Waals surface area contributed by atoms with Gasteiger partial charge in [0.25, 0.3) is 0 Å². The molecule has 25 heavy (non-hydrogen) atoms. The summed E-state index contributed by atoms with van der Waals surface area (Å²) >= 11 is 0. The Bertz CT molecular complexity index is 800. The molecule has 2 aromatic rings. The highest BCUT2D eigenvalue weighted by molar-refractivity contribution is 6.39. The van der Waals surface area contributed by atoms with Crippen molar-refractivity contribution in [3.63, 3.8) is 0 Å². The van der Waals surface area contributed by atoms with Gasteiger partial charge in [-0.1, -0.05) is 6.07 Å². The zero-order chi connectivity index (χ0) is 18.7. The van der Waals surface area contributed by atoms with Gasteiger partial charge in [-0.05, 0) is 26.0 Å². The predicted molar refractivity (Wildman–Crippen MR) is 85.6 cm³/mol. The van der Waals surface area contributed by atoms with Crippen LogP contribution in [0.4, 0.5) is 14.5 Å². The lowest BCUT2D eigenvalue weighted by atomic mass is 10.1. The van der Waals surface area contributed by atoms with Crippen LogP contribution in [0.5, 0.6) is 0 Å². The average molecular weight is 352 g/mol. The molecule has 0 fully saturated rings. The minimum atomic E-state index is -1.63. The summed E-state index contributed by atoms with van der Waals surface area (Å²) in [5.41, 5.74) is 1.03. The molecule has 1 aromatic carbocycles. The Morgan fingerprint density at radius 3 is 2.36 bits per heavy atom. The van der Waals surface area contributed by atoms with Gasteiger partial charge in [0.15, 0.2) is 0 Å².